The van der Waals surface area contributed by atoms with E-state index in [1.165, 1.54) is 24.1 Å². The lowest BCUT2D eigenvalue weighted by molar-refractivity contribution is 1.20. The third-order valence-corrected chi connectivity index (χ3v) is 7.88. The van der Waals surface area contributed by atoms with Gasteiger partial charge in [0.05, 0.1) is 5.92 Å². The van der Waals surface area contributed by atoms with Gasteiger partial charge in [-0.2, -0.15) is 0 Å². The van der Waals surface area contributed by atoms with Crippen LogP contribution in [0.3, 0.4) is 0 Å². The van der Waals surface area contributed by atoms with E-state index in [-0.39, 0.29) is 0 Å². The Kier molecular flexibility index (Phi) is 4.75. The lowest BCUT2D eigenvalue weighted by Crippen LogP contribution is -2.29. The summed E-state index contributed by atoms with van der Waals surface area (Å²) in [5.74, 6) is 4.51. The molecule has 0 saturated heterocycles. The zero-order valence-corrected chi connectivity index (χ0v) is 10.4. The second kappa shape index (κ2) is 5.61. The average Bonchev–Trinajstić information content (AvgIpc) is 2.74. The van der Waals surface area contributed by atoms with Gasteiger partial charge in [0.15, 0.2) is 0 Å². The first kappa shape index (κ1) is 11.8. The van der Waals surface area contributed by atoms with Crippen molar-refractivity contribution in [2.75, 3.05) is 0 Å². The molecule has 0 atom stereocenters. The molecule has 1 saturated carbocycles. The van der Waals surface area contributed by atoms with E-state index in [0.29, 0.717) is 0 Å². The van der Waals surface area contributed by atoms with Crippen LogP contribution in [-0.4, -0.2) is 8.07 Å². The van der Waals surface area contributed by atoms with Gasteiger partial charge in [-0.05, 0) is 43.8 Å². The molecule has 0 spiro atoms. The molecule has 0 bridgehead atoms. The summed E-state index contributed by atoms with van der Waals surface area (Å²) >= 11 is 0. The average molecular weight is 203 g/mol. The Morgan fingerprint density at radius 3 is 1.93 bits per heavy atom. The van der Waals surface area contributed by atoms with Gasteiger partial charge in [0.2, 0.25) is 0 Å². The van der Waals surface area contributed by atoms with Crippen LogP contribution in [0.4, 0.5) is 0 Å². The highest BCUT2D eigenvalue weighted by Crippen LogP contribution is 2.24. The summed E-state index contributed by atoms with van der Waals surface area (Å²) in [6.07, 6.45) is 8.29. The molecular formula is C13H19Si. The zero-order chi connectivity index (χ0) is 10.4. The molecule has 0 aliphatic heterocycles. The Balaban J connectivity index is 2.60. The first-order valence-corrected chi connectivity index (χ1v) is 8.13. The first-order valence-electron chi connectivity index (χ1n) is 5.51. The summed E-state index contributed by atoms with van der Waals surface area (Å²) in [6, 6.07) is 3.86. The van der Waals surface area contributed by atoms with Crippen molar-refractivity contribution < 1.29 is 0 Å². The predicted molar refractivity (Wildman–Crippen MR) is 65.4 cm³/mol. The summed E-state index contributed by atoms with van der Waals surface area (Å²) in [6.45, 7) is 6.87. The summed E-state index contributed by atoms with van der Waals surface area (Å²) in [4.78, 5) is 0. The molecule has 0 aromatic carbocycles. The van der Waals surface area contributed by atoms with Crippen LogP contribution in [0, 0.1) is 43.1 Å². The van der Waals surface area contributed by atoms with Crippen LogP contribution in [0.1, 0.15) is 20.8 Å². The minimum atomic E-state index is -1.23. The predicted octanol–water partition coefficient (Wildman–Crippen LogP) is 3.44. The molecule has 0 unspecified atom stereocenters. The highest BCUT2D eigenvalue weighted by molar-refractivity contribution is 6.87. The molecule has 0 N–H and O–H groups in total. The summed E-state index contributed by atoms with van der Waals surface area (Å²) in [5.41, 5.74) is 3.57. The third kappa shape index (κ3) is 2.88. The standard InChI is InChI=1S/C13H19Si/c1-4-14(5-2,6-3)12-11-13-9-7-8-10-13/h7-10H,4-6H2,1-3H3. The van der Waals surface area contributed by atoms with Crippen molar-refractivity contribution in [3.8, 4) is 11.5 Å². The lowest BCUT2D eigenvalue weighted by Gasteiger charge is -2.20. The molecule has 1 rings (SSSR count). The minimum absolute atomic E-state index is 1.18. The van der Waals surface area contributed by atoms with Crippen LogP contribution in [0.15, 0.2) is 0 Å². The van der Waals surface area contributed by atoms with Gasteiger partial charge in [-0.25, -0.2) is 0 Å². The molecule has 0 nitrogen and oxygen atoms in total. The van der Waals surface area contributed by atoms with Gasteiger partial charge < -0.3 is 0 Å². The van der Waals surface area contributed by atoms with Crippen LogP contribution >= 0.6 is 0 Å². The fraction of sp³-hybridized carbons (Fsp3) is 0.462. The van der Waals surface area contributed by atoms with Gasteiger partial charge in [-0.3, -0.25) is 0 Å². The fourth-order valence-electron chi connectivity index (χ4n) is 1.68. The molecule has 0 amide bonds. The summed E-state index contributed by atoms with van der Waals surface area (Å²) in [7, 11) is -1.23. The van der Waals surface area contributed by atoms with Crippen LogP contribution in [0.5, 0.6) is 0 Å². The van der Waals surface area contributed by atoms with Crippen molar-refractivity contribution in [2.45, 2.75) is 38.9 Å². The Morgan fingerprint density at radius 1 is 1.00 bits per heavy atom. The molecule has 5 radical (unpaired) electrons. The fourth-order valence-corrected chi connectivity index (χ4v) is 4.12. The van der Waals surface area contributed by atoms with Gasteiger partial charge in [0.1, 0.15) is 8.07 Å². The van der Waals surface area contributed by atoms with E-state index < -0.39 is 8.07 Å². The zero-order valence-electron chi connectivity index (χ0n) is 9.43. The second-order valence-electron chi connectivity index (χ2n) is 3.76. The van der Waals surface area contributed by atoms with Crippen molar-refractivity contribution in [3.63, 3.8) is 0 Å². The maximum Gasteiger partial charge on any atom is 0.137 e. The minimum Gasteiger partial charge on any atom is -0.131 e. The first-order chi connectivity index (χ1) is 6.76. The van der Waals surface area contributed by atoms with E-state index in [0.717, 1.165) is 0 Å². The van der Waals surface area contributed by atoms with Crippen molar-refractivity contribution in [2.24, 2.45) is 0 Å². The van der Waals surface area contributed by atoms with Crippen molar-refractivity contribution in [3.05, 3.63) is 31.6 Å². The van der Waals surface area contributed by atoms with E-state index in [9.17, 15) is 0 Å². The third-order valence-electron chi connectivity index (χ3n) is 3.17. The van der Waals surface area contributed by atoms with E-state index in [2.05, 4.69) is 57.9 Å². The monoisotopic (exact) mass is 203 g/mol. The van der Waals surface area contributed by atoms with Crippen LogP contribution in [0.2, 0.25) is 18.1 Å². The number of hydrogen-bond donors (Lipinski definition) is 0. The molecule has 1 fully saturated rings. The Labute approximate surface area is 90.5 Å². The number of rotatable bonds is 3. The Hall–Kier alpha value is -0.223. The maximum atomic E-state index is 3.57. The van der Waals surface area contributed by atoms with E-state index in [4.69, 9.17) is 0 Å². The molecule has 75 valence electrons. The van der Waals surface area contributed by atoms with Gasteiger partial charge in [-0.15, -0.1) is 11.5 Å². The highest BCUT2D eigenvalue weighted by atomic mass is 28.3. The molecule has 1 heteroatoms. The molecular weight excluding hydrogens is 184 g/mol. The second-order valence-corrected chi connectivity index (χ2v) is 8.70. The SMILES string of the molecule is CC[Si](C#C[C]1[CH][CH][CH][CH]1)(CC)CC. The molecule has 14 heavy (non-hydrogen) atoms. The van der Waals surface area contributed by atoms with Gasteiger partial charge in [-0.1, -0.05) is 20.8 Å². The molecule has 0 heterocycles. The summed E-state index contributed by atoms with van der Waals surface area (Å²) in [5, 5.41) is 0. The highest BCUT2D eigenvalue weighted by Gasteiger charge is 2.25. The number of hydrogen-bond acceptors (Lipinski definition) is 0. The normalized spacial score (nSPS) is 17.9. The maximum absolute atomic E-state index is 3.57. The summed E-state index contributed by atoms with van der Waals surface area (Å²) < 4.78 is 0. The van der Waals surface area contributed by atoms with Crippen LogP contribution < -0.4 is 0 Å². The van der Waals surface area contributed by atoms with Crippen molar-refractivity contribution >= 4 is 8.07 Å². The molecule has 0 aromatic rings. The smallest absolute Gasteiger partial charge is 0.131 e. The molecule has 1 aliphatic carbocycles. The largest absolute Gasteiger partial charge is 0.137 e. The van der Waals surface area contributed by atoms with Crippen molar-refractivity contribution in [1.29, 1.82) is 0 Å². The van der Waals surface area contributed by atoms with Gasteiger partial charge in [0.25, 0.3) is 0 Å². The Morgan fingerprint density at radius 2 is 1.50 bits per heavy atom. The molecule has 0 aromatic heterocycles. The Bertz CT molecular complexity index is 203. The van der Waals surface area contributed by atoms with E-state index in [1.54, 1.807) is 0 Å². The quantitative estimate of drug-likeness (QED) is 0.487. The van der Waals surface area contributed by atoms with E-state index in [1.807, 2.05) is 0 Å². The van der Waals surface area contributed by atoms with Gasteiger partial charge in [0, 0.05) is 0 Å². The topological polar surface area (TPSA) is 0 Å². The van der Waals surface area contributed by atoms with Crippen LogP contribution in [0.25, 0.3) is 0 Å². The van der Waals surface area contributed by atoms with Crippen molar-refractivity contribution in [1.82, 2.24) is 0 Å². The van der Waals surface area contributed by atoms with Gasteiger partial charge >= 0.3 is 0 Å². The molecule has 1 aliphatic rings. The van der Waals surface area contributed by atoms with E-state index >= 15 is 0 Å². The lowest BCUT2D eigenvalue weighted by atomic mass is 10.1. The van der Waals surface area contributed by atoms with Crippen LogP contribution in [-0.2, 0) is 0 Å².